The van der Waals surface area contributed by atoms with Gasteiger partial charge in [0.15, 0.2) is 0 Å². The molecule has 5 rings (SSSR count). The van der Waals surface area contributed by atoms with Crippen molar-refractivity contribution in [3.63, 3.8) is 0 Å². The number of hydrogen-bond donors (Lipinski definition) is 1. The molecule has 0 fully saturated rings. The van der Waals surface area contributed by atoms with Crippen LogP contribution in [0.5, 0.6) is 5.75 Å². The number of carbonyl (C=O) groups excluding carboxylic acids is 1. The Balaban J connectivity index is 1.57. The second-order valence-corrected chi connectivity index (χ2v) is 7.62. The van der Waals surface area contributed by atoms with E-state index in [1.807, 2.05) is 6.92 Å². The minimum Gasteiger partial charge on any atom is -0.494 e. The summed E-state index contributed by atoms with van der Waals surface area (Å²) >= 11 is 0. The molecule has 9 heteroatoms. The number of anilines is 1. The molecule has 9 nitrogen and oxygen atoms in total. The van der Waals surface area contributed by atoms with E-state index in [2.05, 4.69) is 5.32 Å². The molecule has 0 saturated carbocycles. The van der Waals surface area contributed by atoms with E-state index < -0.39 is 17.2 Å². The summed E-state index contributed by atoms with van der Waals surface area (Å²) in [6.07, 6.45) is 1.46. The minimum atomic E-state index is -0.637. The minimum absolute atomic E-state index is 0.00113. The predicted octanol–water partition coefficient (Wildman–Crippen LogP) is 3.59. The Kier molecular flexibility index (Phi) is 5.51. The third-order valence-electron chi connectivity index (χ3n) is 5.39. The standard InChI is InChI=1S/C25H21N3O6/c1-2-32-17-11-9-16(10-12-17)26-21(29)15-27-22-19-7-3-4-8-20(19)34-23(22)24(30)28(25(27)31)14-18-6-5-13-33-18/h3-13H,2,14-15H2,1H3,(H,26,29). The largest absolute Gasteiger partial charge is 0.494 e. The molecule has 3 heterocycles. The van der Waals surface area contributed by atoms with Crippen LogP contribution in [0.15, 0.2) is 85.4 Å². The number of furan rings is 2. The lowest BCUT2D eigenvalue weighted by atomic mass is 10.2. The SMILES string of the molecule is CCOc1ccc(NC(=O)Cn2c(=O)n(Cc3ccco3)c(=O)c3oc4ccccc4c32)cc1. The summed E-state index contributed by atoms with van der Waals surface area (Å²) in [6.45, 7) is 2.03. The predicted molar refractivity (Wildman–Crippen MR) is 126 cm³/mol. The highest BCUT2D eigenvalue weighted by molar-refractivity contribution is 6.03. The van der Waals surface area contributed by atoms with Crippen molar-refractivity contribution in [2.45, 2.75) is 20.0 Å². The van der Waals surface area contributed by atoms with Gasteiger partial charge in [-0.1, -0.05) is 12.1 Å². The van der Waals surface area contributed by atoms with E-state index in [1.54, 1.807) is 60.7 Å². The number of hydrogen-bond acceptors (Lipinski definition) is 6. The molecular formula is C25H21N3O6. The number of aromatic nitrogens is 2. The Bertz CT molecular complexity index is 1590. The number of para-hydroxylation sites is 1. The third kappa shape index (κ3) is 3.88. The molecule has 0 aliphatic heterocycles. The van der Waals surface area contributed by atoms with Crippen LogP contribution in [0.25, 0.3) is 22.1 Å². The molecular weight excluding hydrogens is 438 g/mol. The van der Waals surface area contributed by atoms with Crippen LogP contribution < -0.4 is 21.3 Å². The summed E-state index contributed by atoms with van der Waals surface area (Å²) in [4.78, 5) is 39.5. The summed E-state index contributed by atoms with van der Waals surface area (Å²) in [5.74, 6) is 0.689. The Morgan fingerprint density at radius 1 is 1.00 bits per heavy atom. The van der Waals surface area contributed by atoms with Crippen molar-refractivity contribution >= 4 is 33.7 Å². The Labute approximate surface area is 192 Å². The van der Waals surface area contributed by atoms with Gasteiger partial charge in [-0.25, -0.2) is 9.36 Å². The number of carbonyl (C=O) groups is 1. The number of nitrogens with zero attached hydrogens (tertiary/aromatic N) is 2. The van der Waals surface area contributed by atoms with E-state index in [0.717, 1.165) is 4.57 Å². The molecule has 172 valence electrons. The van der Waals surface area contributed by atoms with Gasteiger partial charge in [-0.05, 0) is 55.5 Å². The zero-order valence-corrected chi connectivity index (χ0v) is 18.3. The summed E-state index contributed by atoms with van der Waals surface area (Å²) in [6, 6.07) is 17.3. The number of benzene rings is 2. The van der Waals surface area contributed by atoms with Crippen LogP contribution >= 0.6 is 0 Å². The smallest absolute Gasteiger partial charge is 0.332 e. The van der Waals surface area contributed by atoms with Gasteiger partial charge in [-0.2, -0.15) is 0 Å². The Hall–Kier alpha value is -4.53. The van der Waals surface area contributed by atoms with Crippen molar-refractivity contribution in [2.75, 3.05) is 11.9 Å². The Morgan fingerprint density at radius 2 is 1.79 bits per heavy atom. The first-order valence-corrected chi connectivity index (χ1v) is 10.7. The van der Waals surface area contributed by atoms with Gasteiger partial charge in [0.05, 0.1) is 19.4 Å². The first-order valence-electron chi connectivity index (χ1n) is 10.7. The van der Waals surface area contributed by atoms with Crippen LogP contribution in [0.4, 0.5) is 5.69 Å². The van der Waals surface area contributed by atoms with Gasteiger partial charge >= 0.3 is 5.69 Å². The van der Waals surface area contributed by atoms with Crippen molar-refractivity contribution in [3.05, 3.63) is 93.5 Å². The molecule has 34 heavy (non-hydrogen) atoms. The molecule has 0 aliphatic carbocycles. The molecule has 0 saturated heterocycles. The number of rotatable bonds is 7. The van der Waals surface area contributed by atoms with Gasteiger partial charge in [-0.3, -0.25) is 14.2 Å². The van der Waals surface area contributed by atoms with E-state index in [9.17, 15) is 14.4 Å². The summed E-state index contributed by atoms with van der Waals surface area (Å²) in [5, 5.41) is 3.36. The highest BCUT2D eigenvalue weighted by Crippen LogP contribution is 2.25. The van der Waals surface area contributed by atoms with Crippen LogP contribution in [-0.2, 0) is 17.9 Å². The molecule has 0 bridgehead atoms. The first kappa shape index (κ1) is 21.3. The number of amides is 1. The van der Waals surface area contributed by atoms with Crippen LogP contribution in [0.1, 0.15) is 12.7 Å². The van der Waals surface area contributed by atoms with Crippen LogP contribution in [0.3, 0.4) is 0 Å². The molecule has 0 aliphatic rings. The van der Waals surface area contributed by atoms with Gasteiger partial charge in [0.2, 0.25) is 11.5 Å². The van der Waals surface area contributed by atoms with E-state index in [0.29, 0.717) is 34.8 Å². The molecule has 2 aromatic carbocycles. The average Bonchev–Trinajstić information content (AvgIpc) is 3.49. The lowest BCUT2D eigenvalue weighted by Gasteiger charge is -2.12. The monoisotopic (exact) mass is 459 g/mol. The fraction of sp³-hybridized carbons (Fsp3) is 0.160. The van der Waals surface area contributed by atoms with Crippen molar-refractivity contribution in [1.82, 2.24) is 9.13 Å². The lowest BCUT2D eigenvalue weighted by Crippen LogP contribution is -2.41. The zero-order valence-electron chi connectivity index (χ0n) is 18.3. The van der Waals surface area contributed by atoms with Crippen LogP contribution in [0, 0.1) is 0 Å². The number of fused-ring (bicyclic) bond motifs is 3. The third-order valence-corrected chi connectivity index (χ3v) is 5.39. The fourth-order valence-electron chi connectivity index (χ4n) is 3.89. The van der Waals surface area contributed by atoms with Gasteiger partial charge < -0.3 is 18.9 Å². The molecule has 0 spiro atoms. The maximum atomic E-state index is 13.4. The van der Waals surface area contributed by atoms with E-state index in [4.69, 9.17) is 13.6 Å². The second-order valence-electron chi connectivity index (χ2n) is 7.62. The molecule has 0 unspecified atom stereocenters. The maximum Gasteiger partial charge on any atom is 0.332 e. The highest BCUT2D eigenvalue weighted by atomic mass is 16.5. The zero-order chi connectivity index (χ0) is 23.7. The van der Waals surface area contributed by atoms with Gasteiger partial charge in [0.1, 0.15) is 29.2 Å². The van der Waals surface area contributed by atoms with Crippen LogP contribution in [-0.4, -0.2) is 21.6 Å². The van der Waals surface area contributed by atoms with Crippen molar-refractivity contribution < 1.29 is 18.4 Å². The summed E-state index contributed by atoms with van der Waals surface area (Å²) in [7, 11) is 0. The molecule has 1 N–H and O–H groups in total. The summed E-state index contributed by atoms with van der Waals surface area (Å²) < 4.78 is 18.8. The highest BCUT2D eigenvalue weighted by Gasteiger charge is 2.21. The van der Waals surface area contributed by atoms with Gasteiger partial charge in [-0.15, -0.1) is 0 Å². The molecule has 1 amide bonds. The quantitative estimate of drug-likeness (QED) is 0.398. The molecule has 0 radical (unpaired) electrons. The number of ether oxygens (including phenoxy) is 1. The normalized spacial score (nSPS) is 11.2. The molecule has 0 atom stereocenters. The number of nitrogens with one attached hydrogen (secondary N) is 1. The fourth-order valence-corrected chi connectivity index (χ4v) is 3.89. The summed E-state index contributed by atoms with van der Waals surface area (Å²) in [5.41, 5.74) is 0.0616. The van der Waals surface area contributed by atoms with Crippen LogP contribution in [0.2, 0.25) is 0 Å². The molecule has 3 aromatic heterocycles. The van der Waals surface area contributed by atoms with Crippen molar-refractivity contribution in [2.24, 2.45) is 0 Å². The maximum absolute atomic E-state index is 13.4. The second kappa shape index (κ2) is 8.78. The van der Waals surface area contributed by atoms with Gasteiger partial charge in [0.25, 0.3) is 5.56 Å². The Morgan fingerprint density at radius 3 is 2.53 bits per heavy atom. The van der Waals surface area contributed by atoms with E-state index in [1.165, 1.54) is 10.8 Å². The topological polar surface area (TPSA) is 109 Å². The van der Waals surface area contributed by atoms with E-state index >= 15 is 0 Å². The van der Waals surface area contributed by atoms with Crippen molar-refractivity contribution in [3.8, 4) is 5.75 Å². The van der Waals surface area contributed by atoms with Crippen molar-refractivity contribution in [1.29, 1.82) is 0 Å². The molecule has 5 aromatic rings. The average molecular weight is 459 g/mol. The van der Waals surface area contributed by atoms with Gasteiger partial charge in [0, 0.05) is 11.1 Å². The lowest BCUT2D eigenvalue weighted by molar-refractivity contribution is -0.116. The first-order chi connectivity index (χ1) is 16.5. The van der Waals surface area contributed by atoms with E-state index in [-0.39, 0.29) is 24.2 Å².